The van der Waals surface area contributed by atoms with Crippen LogP contribution in [0.1, 0.15) is 10.4 Å². The number of sulfone groups is 1. The number of aromatic nitrogens is 1. The average molecular weight is 221 g/mol. The number of carbonyl (C=O) groups excluding carboxylic acids is 1. The summed E-state index contributed by atoms with van der Waals surface area (Å²) in [7, 11) is -2.20. The van der Waals surface area contributed by atoms with Crippen molar-refractivity contribution in [2.45, 2.75) is 4.21 Å². The van der Waals surface area contributed by atoms with E-state index in [4.69, 9.17) is 0 Å². The Morgan fingerprint density at radius 2 is 2.23 bits per heavy atom. The van der Waals surface area contributed by atoms with E-state index in [0.717, 1.165) is 17.8 Å². The largest absolute Gasteiger partial charge is 0.465 e. The van der Waals surface area contributed by atoms with E-state index < -0.39 is 15.8 Å². The molecule has 0 amide bonds. The molecule has 1 aromatic heterocycles. The molecule has 1 rings (SSSR count). The molecule has 1 aromatic rings. The van der Waals surface area contributed by atoms with Gasteiger partial charge in [-0.25, -0.2) is 13.2 Å². The Balaban J connectivity index is 3.26. The molecule has 0 saturated heterocycles. The second-order valence-electron chi connectivity index (χ2n) is 2.29. The Morgan fingerprint density at radius 1 is 1.62 bits per heavy atom. The zero-order valence-corrected chi connectivity index (χ0v) is 8.61. The summed E-state index contributed by atoms with van der Waals surface area (Å²) in [4.78, 5) is 11.0. The van der Waals surface area contributed by atoms with Gasteiger partial charge in [0.15, 0.2) is 14.0 Å². The van der Waals surface area contributed by atoms with Crippen LogP contribution in [0.2, 0.25) is 0 Å². The third kappa shape index (κ3) is 2.04. The molecule has 0 saturated carbocycles. The van der Waals surface area contributed by atoms with Crippen LogP contribution in [-0.2, 0) is 14.6 Å². The lowest BCUT2D eigenvalue weighted by molar-refractivity contribution is 0.0597. The lowest BCUT2D eigenvalue weighted by Gasteiger charge is -1.97. The van der Waals surface area contributed by atoms with Crippen LogP contribution in [-0.4, -0.2) is 32.1 Å². The molecule has 5 nitrogen and oxygen atoms in total. The van der Waals surface area contributed by atoms with Crippen molar-refractivity contribution in [2.24, 2.45) is 0 Å². The van der Waals surface area contributed by atoms with Gasteiger partial charge in [-0.05, 0) is 11.5 Å². The first-order valence-electron chi connectivity index (χ1n) is 3.20. The van der Waals surface area contributed by atoms with Crippen LogP contribution in [0.15, 0.2) is 10.4 Å². The highest BCUT2D eigenvalue weighted by atomic mass is 32.2. The first-order chi connectivity index (χ1) is 5.96. The zero-order chi connectivity index (χ0) is 10.1. The summed E-state index contributed by atoms with van der Waals surface area (Å²) < 4.78 is 30.2. The van der Waals surface area contributed by atoms with Gasteiger partial charge >= 0.3 is 5.97 Å². The lowest BCUT2D eigenvalue weighted by Crippen LogP contribution is -2.06. The van der Waals surface area contributed by atoms with Gasteiger partial charge in [0.2, 0.25) is 0 Å². The highest BCUT2D eigenvalue weighted by Crippen LogP contribution is 2.20. The van der Waals surface area contributed by atoms with E-state index >= 15 is 0 Å². The monoisotopic (exact) mass is 221 g/mol. The van der Waals surface area contributed by atoms with E-state index in [2.05, 4.69) is 9.11 Å². The van der Waals surface area contributed by atoms with Gasteiger partial charge in [0.05, 0.1) is 13.3 Å². The van der Waals surface area contributed by atoms with Gasteiger partial charge in [0.1, 0.15) is 5.56 Å². The molecule has 0 aliphatic rings. The minimum Gasteiger partial charge on any atom is -0.465 e. The van der Waals surface area contributed by atoms with Crippen molar-refractivity contribution in [3.63, 3.8) is 0 Å². The Bertz CT molecular complexity index is 420. The molecule has 0 fully saturated rings. The fraction of sp³-hybridized carbons (Fsp3) is 0.333. The highest BCUT2D eigenvalue weighted by Gasteiger charge is 2.21. The molecule has 0 N–H and O–H groups in total. The van der Waals surface area contributed by atoms with E-state index in [9.17, 15) is 13.2 Å². The van der Waals surface area contributed by atoms with Crippen molar-refractivity contribution in [3.8, 4) is 0 Å². The Hall–Kier alpha value is -0.950. The number of hydrogen-bond acceptors (Lipinski definition) is 6. The SMILES string of the molecule is COC(=O)c1cnsc1S(C)(=O)=O. The summed E-state index contributed by atoms with van der Waals surface area (Å²) in [5.41, 5.74) is -0.00463. The molecular weight excluding hydrogens is 214 g/mol. The topological polar surface area (TPSA) is 73.3 Å². The summed E-state index contributed by atoms with van der Waals surface area (Å²) >= 11 is 0.761. The van der Waals surface area contributed by atoms with Crippen LogP contribution in [0.5, 0.6) is 0 Å². The average Bonchev–Trinajstić information content (AvgIpc) is 2.49. The Kier molecular flexibility index (Phi) is 2.67. The van der Waals surface area contributed by atoms with E-state index in [1.807, 2.05) is 0 Å². The maximum atomic E-state index is 11.1. The summed E-state index contributed by atoms with van der Waals surface area (Å²) in [5, 5.41) is 0. The quantitative estimate of drug-likeness (QED) is 0.673. The van der Waals surface area contributed by atoms with Crippen molar-refractivity contribution >= 4 is 27.3 Å². The number of rotatable bonds is 2. The van der Waals surface area contributed by atoms with Crippen LogP contribution in [0, 0.1) is 0 Å². The van der Waals surface area contributed by atoms with Crippen molar-refractivity contribution in [1.82, 2.24) is 4.37 Å². The van der Waals surface area contributed by atoms with Crippen molar-refractivity contribution in [3.05, 3.63) is 11.8 Å². The number of esters is 1. The van der Waals surface area contributed by atoms with Gasteiger partial charge in [-0.3, -0.25) is 0 Å². The molecule has 0 aromatic carbocycles. The highest BCUT2D eigenvalue weighted by molar-refractivity contribution is 7.92. The molecule has 1 heterocycles. The van der Waals surface area contributed by atoms with Crippen LogP contribution in [0.25, 0.3) is 0 Å². The molecule has 0 unspecified atom stereocenters. The van der Waals surface area contributed by atoms with Gasteiger partial charge in [-0.1, -0.05) is 0 Å². The zero-order valence-electron chi connectivity index (χ0n) is 6.97. The number of ether oxygens (including phenoxy) is 1. The van der Waals surface area contributed by atoms with Gasteiger partial charge in [0, 0.05) is 6.26 Å². The lowest BCUT2D eigenvalue weighted by atomic mass is 10.4. The van der Waals surface area contributed by atoms with Crippen LogP contribution < -0.4 is 0 Å². The minimum atomic E-state index is -3.39. The number of methoxy groups -OCH3 is 1. The van der Waals surface area contributed by atoms with Crippen molar-refractivity contribution in [2.75, 3.05) is 13.4 Å². The number of nitrogens with zero attached hydrogens (tertiary/aromatic N) is 1. The van der Waals surface area contributed by atoms with Crippen LogP contribution in [0.4, 0.5) is 0 Å². The summed E-state index contributed by atoms with van der Waals surface area (Å²) in [6.07, 6.45) is 2.21. The third-order valence-electron chi connectivity index (χ3n) is 1.28. The molecule has 7 heteroatoms. The van der Waals surface area contributed by atoms with Crippen LogP contribution >= 0.6 is 11.5 Å². The molecular formula is C6H7NO4S2. The van der Waals surface area contributed by atoms with E-state index in [-0.39, 0.29) is 9.77 Å². The molecule has 0 bridgehead atoms. The predicted molar refractivity (Wildman–Crippen MR) is 46.6 cm³/mol. The maximum absolute atomic E-state index is 11.1. The minimum absolute atomic E-state index is 0.00463. The Morgan fingerprint density at radius 3 is 2.69 bits per heavy atom. The normalized spacial score (nSPS) is 11.2. The van der Waals surface area contributed by atoms with Gasteiger partial charge in [-0.2, -0.15) is 4.37 Å². The number of hydrogen-bond donors (Lipinski definition) is 0. The van der Waals surface area contributed by atoms with Gasteiger partial charge in [0.25, 0.3) is 0 Å². The van der Waals surface area contributed by atoms with E-state index in [1.165, 1.54) is 13.3 Å². The summed E-state index contributed by atoms with van der Waals surface area (Å²) in [5.74, 6) is -0.686. The molecule has 0 aliphatic carbocycles. The summed E-state index contributed by atoms with van der Waals surface area (Å²) in [6, 6.07) is 0. The Labute approximate surface area is 79.4 Å². The molecule has 0 radical (unpaired) electrons. The second-order valence-corrected chi connectivity index (χ2v) is 5.30. The number of carbonyl (C=O) groups is 1. The second kappa shape index (κ2) is 3.43. The molecule has 0 spiro atoms. The van der Waals surface area contributed by atoms with Crippen LogP contribution in [0.3, 0.4) is 0 Å². The smallest absolute Gasteiger partial charge is 0.341 e. The van der Waals surface area contributed by atoms with Crippen molar-refractivity contribution < 1.29 is 17.9 Å². The van der Waals surface area contributed by atoms with Gasteiger partial charge < -0.3 is 4.74 Å². The maximum Gasteiger partial charge on any atom is 0.341 e. The standard InChI is InChI=1S/C6H7NO4S2/c1-11-5(8)4-3-7-12-6(4)13(2,9)10/h3H,1-2H3. The van der Waals surface area contributed by atoms with E-state index in [1.54, 1.807) is 0 Å². The fourth-order valence-electron chi connectivity index (χ4n) is 0.742. The van der Waals surface area contributed by atoms with Crippen molar-refractivity contribution in [1.29, 1.82) is 0 Å². The molecule has 13 heavy (non-hydrogen) atoms. The third-order valence-corrected chi connectivity index (χ3v) is 3.90. The molecule has 72 valence electrons. The van der Waals surface area contributed by atoms with Gasteiger partial charge in [-0.15, -0.1) is 0 Å². The fourth-order valence-corrected chi connectivity index (χ4v) is 2.44. The predicted octanol–water partition coefficient (Wildman–Crippen LogP) is 0.333. The first kappa shape index (κ1) is 10.1. The van der Waals surface area contributed by atoms with E-state index in [0.29, 0.717) is 0 Å². The molecule has 0 aliphatic heterocycles. The summed E-state index contributed by atoms with van der Waals surface area (Å²) in [6.45, 7) is 0. The molecule has 0 atom stereocenters. The first-order valence-corrected chi connectivity index (χ1v) is 5.86.